The highest BCUT2D eigenvalue weighted by Gasteiger charge is 2.32. The third-order valence-electron chi connectivity index (χ3n) is 7.33. The number of hydrogen-bond acceptors (Lipinski definition) is 5. The van der Waals surface area contributed by atoms with E-state index in [1.807, 2.05) is 0 Å². The Hall–Kier alpha value is -1.95. The molecule has 2 aliphatic heterocycles. The minimum Gasteiger partial charge on any atom is -0.356 e. The van der Waals surface area contributed by atoms with Gasteiger partial charge in [0.25, 0.3) is 0 Å². The van der Waals surface area contributed by atoms with Gasteiger partial charge in [-0.25, -0.2) is 9.97 Å². The summed E-state index contributed by atoms with van der Waals surface area (Å²) in [5, 5.41) is 4.56. The van der Waals surface area contributed by atoms with Gasteiger partial charge in [0, 0.05) is 48.7 Å². The van der Waals surface area contributed by atoms with E-state index >= 15 is 0 Å². The second-order valence-corrected chi connectivity index (χ2v) is 9.52. The van der Waals surface area contributed by atoms with Crippen LogP contribution >= 0.6 is 0 Å². The van der Waals surface area contributed by atoms with E-state index in [-0.39, 0.29) is 0 Å². The highest BCUT2D eigenvalue weighted by Crippen LogP contribution is 2.37. The summed E-state index contributed by atoms with van der Waals surface area (Å²) in [7, 11) is 0. The number of aromatic nitrogens is 4. The number of nitrogens with zero attached hydrogens (tertiary/aromatic N) is 6. The van der Waals surface area contributed by atoms with Gasteiger partial charge >= 0.3 is 0 Å². The third-order valence-corrected chi connectivity index (χ3v) is 7.33. The highest BCUT2D eigenvalue weighted by atomic mass is 15.3. The van der Waals surface area contributed by atoms with Crippen LogP contribution in [0.15, 0.2) is 6.20 Å². The topological polar surface area (TPSA) is 50.1 Å². The van der Waals surface area contributed by atoms with Gasteiger partial charge in [0.2, 0.25) is 0 Å². The zero-order valence-corrected chi connectivity index (χ0v) is 18.9. The lowest BCUT2D eigenvalue weighted by molar-refractivity contribution is 0.133. The molecule has 0 spiro atoms. The van der Waals surface area contributed by atoms with Crippen LogP contribution in [0.5, 0.6) is 0 Å². The van der Waals surface area contributed by atoms with Crippen LogP contribution in [-0.4, -0.2) is 44.3 Å². The van der Waals surface area contributed by atoms with Crippen molar-refractivity contribution in [2.24, 2.45) is 5.92 Å². The lowest BCUT2D eigenvalue weighted by Gasteiger charge is -2.36. The molecule has 0 amide bonds. The molecule has 2 aromatic rings. The molecule has 6 nitrogen and oxygen atoms in total. The van der Waals surface area contributed by atoms with E-state index in [1.54, 1.807) is 0 Å². The molecule has 30 heavy (non-hydrogen) atoms. The van der Waals surface area contributed by atoms with Gasteiger partial charge in [-0.1, -0.05) is 6.42 Å². The zero-order valence-electron chi connectivity index (χ0n) is 18.9. The van der Waals surface area contributed by atoms with Crippen molar-refractivity contribution in [1.29, 1.82) is 0 Å². The fourth-order valence-electron chi connectivity index (χ4n) is 5.30. The van der Waals surface area contributed by atoms with Crippen molar-refractivity contribution in [2.45, 2.75) is 84.8 Å². The van der Waals surface area contributed by atoms with Crippen molar-refractivity contribution in [3.8, 4) is 0 Å². The smallest absolute Gasteiger partial charge is 0.148 e. The summed E-state index contributed by atoms with van der Waals surface area (Å²) in [5.74, 6) is 3.18. The summed E-state index contributed by atoms with van der Waals surface area (Å²) in [5.41, 5.74) is 5.23. The lowest BCUT2D eigenvalue weighted by atomic mass is 9.99. The van der Waals surface area contributed by atoms with Gasteiger partial charge in [-0.15, -0.1) is 0 Å². The number of anilines is 1. The predicted molar refractivity (Wildman–Crippen MR) is 120 cm³/mol. The summed E-state index contributed by atoms with van der Waals surface area (Å²) >= 11 is 0. The molecule has 2 fully saturated rings. The Morgan fingerprint density at radius 2 is 1.90 bits per heavy atom. The van der Waals surface area contributed by atoms with Crippen LogP contribution in [0.3, 0.4) is 0 Å². The molecule has 1 atom stereocenters. The van der Waals surface area contributed by atoms with E-state index in [4.69, 9.17) is 9.97 Å². The van der Waals surface area contributed by atoms with Crippen LogP contribution in [0.4, 0.5) is 5.82 Å². The maximum Gasteiger partial charge on any atom is 0.148 e. The fourth-order valence-corrected chi connectivity index (χ4v) is 5.30. The van der Waals surface area contributed by atoms with E-state index in [0.29, 0.717) is 6.04 Å². The SMILES string of the molecule is CCn1ncc(CN2CCCC[C@H]2c2nc(C)c3c(n2)N(CC2CC2)CCC3)c1C. The average Bonchev–Trinajstić information content (AvgIpc) is 3.51. The largest absolute Gasteiger partial charge is 0.356 e. The zero-order chi connectivity index (χ0) is 20.7. The molecule has 0 aromatic carbocycles. The molecule has 5 rings (SSSR count). The Bertz CT molecular complexity index is 899. The van der Waals surface area contributed by atoms with Crippen LogP contribution < -0.4 is 4.90 Å². The molecule has 1 saturated heterocycles. The predicted octanol–water partition coefficient (Wildman–Crippen LogP) is 4.20. The summed E-state index contributed by atoms with van der Waals surface area (Å²) in [6.45, 7) is 11.9. The van der Waals surface area contributed by atoms with Gasteiger partial charge in [-0.2, -0.15) is 5.10 Å². The van der Waals surface area contributed by atoms with Crippen molar-refractivity contribution >= 4 is 5.82 Å². The van der Waals surface area contributed by atoms with Gasteiger partial charge < -0.3 is 4.90 Å². The number of aryl methyl sites for hydroxylation is 2. The number of piperidine rings is 1. The maximum absolute atomic E-state index is 5.25. The van der Waals surface area contributed by atoms with Gasteiger partial charge in [0.05, 0.1) is 12.2 Å². The van der Waals surface area contributed by atoms with Crippen molar-refractivity contribution in [1.82, 2.24) is 24.6 Å². The Labute approximate surface area is 180 Å². The van der Waals surface area contributed by atoms with Gasteiger partial charge in [0.1, 0.15) is 11.6 Å². The number of likely N-dealkylation sites (tertiary alicyclic amines) is 1. The molecule has 162 valence electrons. The monoisotopic (exact) mass is 408 g/mol. The minimum atomic E-state index is 0.317. The first-order chi connectivity index (χ1) is 14.6. The number of fused-ring (bicyclic) bond motifs is 1. The van der Waals surface area contributed by atoms with E-state index in [1.165, 1.54) is 67.0 Å². The lowest BCUT2D eigenvalue weighted by Crippen LogP contribution is -2.36. The van der Waals surface area contributed by atoms with Crippen LogP contribution in [0.1, 0.15) is 79.8 Å². The standard InChI is InChI=1S/C24H36N6/c1-4-30-18(3)20(14-25-30)16-28-12-6-5-9-22(28)23-26-17(2)21-8-7-13-29(24(21)27-23)15-19-10-11-19/h14,19,22H,4-13,15-16H2,1-3H3/t22-/m0/s1. The Balaban J connectivity index is 1.43. The molecule has 2 aromatic heterocycles. The number of rotatable bonds is 6. The molecule has 3 aliphatic rings. The molecule has 6 heteroatoms. The van der Waals surface area contributed by atoms with E-state index < -0.39 is 0 Å². The van der Waals surface area contributed by atoms with Crippen LogP contribution in [-0.2, 0) is 19.5 Å². The van der Waals surface area contributed by atoms with E-state index in [9.17, 15) is 0 Å². The van der Waals surface area contributed by atoms with Crippen LogP contribution in [0.25, 0.3) is 0 Å². The Morgan fingerprint density at radius 1 is 1.03 bits per heavy atom. The summed E-state index contributed by atoms with van der Waals surface area (Å²) in [4.78, 5) is 15.5. The van der Waals surface area contributed by atoms with Crippen molar-refractivity contribution < 1.29 is 0 Å². The summed E-state index contributed by atoms with van der Waals surface area (Å²) in [6.07, 6.45) is 10.9. The molecule has 1 saturated carbocycles. The molecular weight excluding hydrogens is 372 g/mol. The molecule has 0 radical (unpaired) electrons. The van der Waals surface area contributed by atoms with E-state index in [2.05, 4.69) is 46.5 Å². The first-order valence-electron chi connectivity index (χ1n) is 12.0. The van der Waals surface area contributed by atoms with Crippen molar-refractivity contribution in [3.05, 3.63) is 34.5 Å². The van der Waals surface area contributed by atoms with Gasteiger partial charge in [-0.05, 0) is 71.8 Å². The second kappa shape index (κ2) is 8.29. The normalized spacial score (nSPS) is 22.4. The Kier molecular flexibility index (Phi) is 5.52. The van der Waals surface area contributed by atoms with Gasteiger partial charge in [-0.3, -0.25) is 9.58 Å². The fraction of sp³-hybridized carbons (Fsp3) is 0.708. The molecule has 0 N–H and O–H groups in total. The van der Waals surface area contributed by atoms with Crippen molar-refractivity contribution in [2.75, 3.05) is 24.5 Å². The molecule has 0 bridgehead atoms. The summed E-state index contributed by atoms with van der Waals surface area (Å²) < 4.78 is 2.10. The number of hydrogen-bond donors (Lipinski definition) is 0. The van der Waals surface area contributed by atoms with Gasteiger partial charge in [0.15, 0.2) is 0 Å². The average molecular weight is 409 g/mol. The molecule has 4 heterocycles. The quantitative estimate of drug-likeness (QED) is 0.717. The highest BCUT2D eigenvalue weighted by molar-refractivity contribution is 5.51. The second-order valence-electron chi connectivity index (χ2n) is 9.52. The van der Waals surface area contributed by atoms with Crippen LogP contribution in [0, 0.1) is 19.8 Å². The minimum absolute atomic E-state index is 0.317. The maximum atomic E-state index is 5.25. The molecular formula is C24H36N6. The summed E-state index contributed by atoms with van der Waals surface area (Å²) in [6, 6.07) is 0.317. The Morgan fingerprint density at radius 3 is 2.67 bits per heavy atom. The molecule has 0 unspecified atom stereocenters. The third kappa shape index (κ3) is 3.86. The van der Waals surface area contributed by atoms with Crippen LogP contribution in [0.2, 0.25) is 0 Å². The first-order valence-corrected chi connectivity index (χ1v) is 12.0. The van der Waals surface area contributed by atoms with Crippen molar-refractivity contribution in [3.63, 3.8) is 0 Å². The van der Waals surface area contributed by atoms with E-state index in [0.717, 1.165) is 50.8 Å². The first kappa shape index (κ1) is 20.0. The molecule has 1 aliphatic carbocycles.